The highest BCUT2D eigenvalue weighted by atomic mass is 28.4. The molecule has 0 spiro atoms. The van der Waals surface area contributed by atoms with Gasteiger partial charge in [0.2, 0.25) is 0 Å². The van der Waals surface area contributed by atoms with Crippen LogP contribution in [-0.4, -0.2) is 35.8 Å². The first-order chi connectivity index (χ1) is 9.01. The van der Waals surface area contributed by atoms with Crippen molar-refractivity contribution in [1.29, 1.82) is 0 Å². The molecule has 0 radical (unpaired) electrons. The molecule has 0 saturated heterocycles. The number of hydrogen-bond acceptors (Lipinski definition) is 2. The molecule has 0 fully saturated rings. The summed E-state index contributed by atoms with van der Waals surface area (Å²) in [6.45, 7) is 20.6. The first kappa shape index (κ1) is 21.2. The average Bonchev–Trinajstić information content (AvgIpc) is 2.20. The van der Waals surface area contributed by atoms with Crippen molar-refractivity contribution in [3.8, 4) is 0 Å². The Kier molecular flexibility index (Phi) is 6.83. The van der Waals surface area contributed by atoms with Gasteiger partial charge in [0.25, 0.3) is 6.43 Å². The fourth-order valence-electron chi connectivity index (χ4n) is 1.22. The van der Waals surface area contributed by atoms with Crippen LogP contribution in [0.15, 0.2) is 0 Å². The lowest BCUT2D eigenvalue weighted by atomic mass is 10.2. The molecule has 0 unspecified atom stereocenters. The molecule has 0 aromatic heterocycles. The van der Waals surface area contributed by atoms with E-state index in [2.05, 4.69) is 54.6 Å². The van der Waals surface area contributed by atoms with E-state index in [-0.39, 0.29) is 16.7 Å². The molecule has 0 N–H and O–H groups in total. The smallest absolute Gasteiger partial charge is 0.265 e. The quantitative estimate of drug-likeness (QED) is 0.580. The summed E-state index contributed by atoms with van der Waals surface area (Å²) in [5.74, 6) is 0. The van der Waals surface area contributed by atoms with Crippen molar-refractivity contribution in [2.24, 2.45) is 0 Å². The molecular formula is C15H34F2O2Si2. The molecule has 0 heterocycles. The highest BCUT2D eigenvalue weighted by Gasteiger charge is 2.43. The molecule has 2 nitrogen and oxygen atoms in total. The van der Waals surface area contributed by atoms with Crippen LogP contribution in [0.5, 0.6) is 0 Å². The Labute approximate surface area is 131 Å². The van der Waals surface area contributed by atoms with Gasteiger partial charge in [0.15, 0.2) is 16.6 Å². The van der Waals surface area contributed by atoms with E-state index in [0.29, 0.717) is 0 Å². The lowest BCUT2D eigenvalue weighted by Gasteiger charge is -2.41. The van der Waals surface area contributed by atoms with E-state index >= 15 is 0 Å². The van der Waals surface area contributed by atoms with Gasteiger partial charge < -0.3 is 8.85 Å². The summed E-state index contributed by atoms with van der Waals surface area (Å²) < 4.78 is 38.4. The highest BCUT2D eigenvalue weighted by molar-refractivity contribution is 6.74. The van der Waals surface area contributed by atoms with Crippen LogP contribution in [0.1, 0.15) is 41.5 Å². The van der Waals surface area contributed by atoms with Gasteiger partial charge in [0.1, 0.15) is 6.10 Å². The van der Waals surface area contributed by atoms with Crippen molar-refractivity contribution < 1.29 is 17.6 Å². The van der Waals surface area contributed by atoms with E-state index in [1.165, 1.54) is 0 Å². The molecule has 0 aliphatic carbocycles. The molecule has 0 aliphatic rings. The van der Waals surface area contributed by atoms with Crippen molar-refractivity contribution in [1.82, 2.24) is 0 Å². The first-order valence-electron chi connectivity index (χ1n) is 7.61. The third kappa shape index (κ3) is 6.08. The van der Waals surface area contributed by atoms with Gasteiger partial charge in [0, 0.05) is 0 Å². The van der Waals surface area contributed by atoms with Crippen LogP contribution in [0.2, 0.25) is 36.3 Å². The van der Waals surface area contributed by atoms with Gasteiger partial charge in [0.05, 0.1) is 6.61 Å². The van der Waals surface area contributed by atoms with Crippen molar-refractivity contribution >= 4 is 16.6 Å². The molecule has 0 saturated carbocycles. The standard InChI is InChI=1S/C15H34F2O2Si2/c1-14(2,3)20(7,8)18-11-12(13(16)17)19-21(9,10)15(4,5)6/h12-13H,11H2,1-10H3/t12-/m1/s1. The maximum absolute atomic E-state index is 13.3. The summed E-state index contributed by atoms with van der Waals surface area (Å²) in [6, 6.07) is 0. The molecule has 6 heteroatoms. The number of alkyl halides is 2. The highest BCUT2D eigenvalue weighted by Crippen LogP contribution is 2.39. The topological polar surface area (TPSA) is 18.5 Å². The van der Waals surface area contributed by atoms with E-state index < -0.39 is 29.2 Å². The molecule has 21 heavy (non-hydrogen) atoms. The molecule has 0 rings (SSSR count). The molecule has 0 bridgehead atoms. The van der Waals surface area contributed by atoms with Gasteiger partial charge >= 0.3 is 0 Å². The van der Waals surface area contributed by atoms with Crippen LogP contribution in [-0.2, 0) is 8.85 Å². The number of rotatable bonds is 6. The fraction of sp³-hybridized carbons (Fsp3) is 1.00. The van der Waals surface area contributed by atoms with Crippen molar-refractivity contribution in [2.75, 3.05) is 6.61 Å². The minimum absolute atomic E-state index is 0.0106. The van der Waals surface area contributed by atoms with E-state index in [0.717, 1.165) is 0 Å². The van der Waals surface area contributed by atoms with Gasteiger partial charge in [-0.2, -0.15) is 0 Å². The lowest BCUT2D eigenvalue weighted by Crippen LogP contribution is -2.49. The third-order valence-corrected chi connectivity index (χ3v) is 14.0. The normalized spacial score (nSPS) is 16.4. The molecule has 0 aliphatic heterocycles. The summed E-state index contributed by atoms with van der Waals surface area (Å²) in [6.07, 6.45) is -3.64. The minimum Gasteiger partial charge on any atom is -0.414 e. The maximum Gasteiger partial charge on any atom is 0.265 e. The van der Waals surface area contributed by atoms with Gasteiger partial charge in [-0.3, -0.25) is 0 Å². The second kappa shape index (κ2) is 6.76. The van der Waals surface area contributed by atoms with Gasteiger partial charge in [-0.25, -0.2) is 8.78 Å². The zero-order valence-corrected chi connectivity index (χ0v) is 17.4. The Balaban J connectivity index is 4.90. The predicted molar refractivity (Wildman–Crippen MR) is 91.2 cm³/mol. The Bertz CT molecular complexity index is 332. The molecule has 1 atom stereocenters. The van der Waals surface area contributed by atoms with E-state index in [1.54, 1.807) is 0 Å². The van der Waals surface area contributed by atoms with Crippen LogP contribution in [0, 0.1) is 0 Å². The van der Waals surface area contributed by atoms with Crippen LogP contribution in [0.4, 0.5) is 8.78 Å². The average molecular weight is 341 g/mol. The SMILES string of the molecule is CC(C)(C)[Si](C)(C)OC[C@@H](O[Si](C)(C)C(C)(C)C)C(F)F. The molecular weight excluding hydrogens is 306 g/mol. The van der Waals surface area contributed by atoms with Crippen LogP contribution in [0.3, 0.4) is 0 Å². The predicted octanol–water partition coefficient (Wildman–Crippen LogP) is 5.66. The largest absolute Gasteiger partial charge is 0.414 e. The lowest BCUT2D eigenvalue weighted by molar-refractivity contribution is -0.0232. The second-order valence-electron chi connectivity index (χ2n) is 8.82. The summed E-state index contributed by atoms with van der Waals surface area (Å²) in [7, 11) is -4.25. The van der Waals surface area contributed by atoms with E-state index in [1.807, 2.05) is 13.1 Å². The van der Waals surface area contributed by atoms with Crippen molar-refractivity contribution in [3.05, 3.63) is 0 Å². The second-order valence-corrected chi connectivity index (χ2v) is 18.4. The number of halogens is 2. The first-order valence-corrected chi connectivity index (χ1v) is 13.4. The molecule has 0 aromatic rings. The van der Waals surface area contributed by atoms with E-state index in [9.17, 15) is 8.78 Å². The molecule has 0 aromatic carbocycles. The Morgan fingerprint density at radius 1 is 0.810 bits per heavy atom. The van der Waals surface area contributed by atoms with Crippen molar-refractivity contribution in [2.45, 2.75) is 90.3 Å². The Hall–Kier alpha value is 0.214. The van der Waals surface area contributed by atoms with E-state index in [4.69, 9.17) is 8.85 Å². The molecule has 0 amide bonds. The van der Waals surface area contributed by atoms with Crippen molar-refractivity contribution in [3.63, 3.8) is 0 Å². The maximum atomic E-state index is 13.3. The zero-order valence-electron chi connectivity index (χ0n) is 15.4. The van der Waals surface area contributed by atoms with Crippen LogP contribution >= 0.6 is 0 Å². The number of hydrogen-bond donors (Lipinski definition) is 0. The van der Waals surface area contributed by atoms with Crippen LogP contribution < -0.4 is 0 Å². The monoisotopic (exact) mass is 340 g/mol. The van der Waals surface area contributed by atoms with Gasteiger partial charge in [-0.05, 0) is 36.3 Å². The Morgan fingerprint density at radius 2 is 1.19 bits per heavy atom. The minimum atomic E-state index is -2.51. The third-order valence-electron chi connectivity index (χ3n) is 4.95. The summed E-state index contributed by atoms with van der Waals surface area (Å²) in [5, 5.41) is -0.0756. The molecule has 128 valence electrons. The van der Waals surface area contributed by atoms with Gasteiger partial charge in [-0.1, -0.05) is 41.5 Å². The summed E-state index contributed by atoms with van der Waals surface area (Å²) in [4.78, 5) is 0. The fourth-order valence-corrected chi connectivity index (χ4v) is 3.52. The Morgan fingerprint density at radius 3 is 1.48 bits per heavy atom. The zero-order chi connectivity index (χ0) is 17.3. The summed E-state index contributed by atoms with van der Waals surface area (Å²) in [5.41, 5.74) is 0. The van der Waals surface area contributed by atoms with Crippen LogP contribution in [0.25, 0.3) is 0 Å². The summed E-state index contributed by atoms with van der Waals surface area (Å²) >= 11 is 0. The van der Waals surface area contributed by atoms with Gasteiger partial charge in [-0.15, -0.1) is 0 Å².